The summed E-state index contributed by atoms with van der Waals surface area (Å²) in [6, 6.07) is 0. The Labute approximate surface area is 115 Å². The van der Waals surface area contributed by atoms with Crippen LogP contribution in [0.1, 0.15) is 39.5 Å². The number of alkyl halides is 3. The molecule has 1 saturated heterocycles. The molecular weight excluding hydrogens is 275 g/mol. The number of hydrogen-bond donors (Lipinski definition) is 1. The lowest BCUT2D eigenvalue weighted by atomic mass is 9.84. The van der Waals surface area contributed by atoms with E-state index in [2.05, 4.69) is 0 Å². The Morgan fingerprint density at radius 2 is 1.85 bits per heavy atom. The van der Waals surface area contributed by atoms with Crippen LogP contribution in [0.3, 0.4) is 0 Å². The van der Waals surface area contributed by atoms with Crippen molar-refractivity contribution >= 4 is 11.9 Å². The van der Waals surface area contributed by atoms with Gasteiger partial charge in [-0.1, -0.05) is 13.8 Å². The second-order valence-corrected chi connectivity index (χ2v) is 6.13. The van der Waals surface area contributed by atoms with Crippen LogP contribution < -0.4 is 0 Å². The number of carbonyl (C=O) groups is 2. The maximum atomic E-state index is 12.7. The zero-order valence-electron chi connectivity index (χ0n) is 11.7. The van der Waals surface area contributed by atoms with Crippen molar-refractivity contribution in [3.05, 3.63) is 0 Å². The Morgan fingerprint density at radius 1 is 1.25 bits per heavy atom. The van der Waals surface area contributed by atoms with Crippen LogP contribution in [0, 0.1) is 11.3 Å². The lowest BCUT2D eigenvalue weighted by Crippen LogP contribution is -2.45. The lowest BCUT2D eigenvalue weighted by Gasteiger charge is -2.35. The molecule has 0 radical (unpaired) electrons. The van der Waals surface area contributed by atoms with Gasteiger partial charge in [-0.3, -0.25) is 9.59 Å². The number of carboxylic acid groups (broad SMARTS) is 1. The highest BCUT2D eigenvalue weighted by molar-refractivity contribution is 5.78. The molecule has 1 rings (SSSR count). The van der Waals surface area contributed by atoms with E-state index in [1.54, 1.807) is 13.8 Å². The first-order valence-corrected chi connectivity index (χ1v) is 6.57. The van der Waals surface area contributed by atoms with E-state index in [0.717, 1.165) is 0 Å². The van der Waals surface area contributed by atoms with E-state index in [-0.39, 0.29) is 25.8 Å². The van der Waals surface area contributed by atoms with Crippen LogP contribution in [0.15, 0.2) is 0 Å². The summed E-state index contributed by atoms with van der Waals surface area (Å²) in [4.78, 5) is 23.9. The predicted octanol–water partition coefficient (Wildman–Crippen LogP) is 2.68. The van der Waals surface area contributed by atoms with Gasteiger partial charge in [-0.15, -0.1) is 0 Å². The summed E-state index contributed by atoms with van der Waals surface area (Å²) in [6.45, 7) is 3.26. The summed E-state index contributed by atoms with van der Waals surface area (Å²) in [6.07, 6.45) is -4.14. The van der Waals surface area contributed by atoms with E-state index in [9.17, 15) is 22.8 Å². The first-order valence-electron chi connectivity index (χ1n) is 6.57. The van der Waals surface area contributed by atoms with E-state index in [0.29, 0.717) is 13.0 Å². The van der Waals surface area contributed by atoms with Crippen LogP contribution in [0.4, 0.5) is 13.2 Å². The Kier molecular flexibility index (Phi) is 5.05. The Balaban J connectivity index is 2.61. The zero-order valence-corrected chi connectivity index (χ0v) is 11.7. The SMILES string of the molecule is CC(C)(CC(=O)O)CC(=O)N1CCC[C@H](C(F)(F)F)C1. The molecule has 0 aromatic heterocycles. The maximum Gasteiger partial charge on any atom is 0.393 e. The minimum Gasteiger partial charge on any atom is -0.481 e. The molecule has 1 aliphatic heterocycles. The molecule has 1 heterocycles. The molecule has 1 fully saturated rings. The standard InChI is InChI=1S/C13H20F3NO3/c1-12(2,7-11(19)20)6-10(18)17-5-3-4-9(8-17)13(14,15)16/h9H,3-8H2,1-2H3,(H,19,20)/t9-/m0/s1. The van der Waals surface area contributed by atoms with Crippen molar-refractivity contribution in [3.8, 4) is 0 Å². The van der Waals surface area contributed by atoms with Gasteiger partial charge in [0.25, 0.3) is 0 Å². The monoisotopic (exact) mass is 295 g/mol. The molecule has 0 spiro atoms. The van der Waals surface area contributed by atoms with Crippen molar-refractivity contribution in [2.75, 3.05) is 13.1 Å². The summed E-state index contributed by atoms with van der Waals surface area (Å²) in [5.74, 6) is -2.89. The molecule has 1 amide bonds. The fourth-order valence-electron chi connectivity index (χ4n) is 2.46. The van der Waals surface area contributed by atoms with Crippen LogP contribution in [0.5, 0.6) is 0 Å². The number of rotatable bonds is 4. The van der Waals surface area contributed by atoms with Gasteiger partial charge in [0, 0.05) is 19.5 Å². The molecule has 0 saturated carbocycles. The summed E-state index contributed by atoms with van der Waals surface area (Å²) >= 11 is 0. The molecule has 0 aromatic rings. The van der Waals surface area contributed by atoms with Crippen LogP contribution in [0.2, 0.25) is 0 Å². The van der Waals surface area contributed by atoms with Crippen LogP contribution >= 0.6 is 0 Å². The van der Waals surface area contributed by atoms with Crippen molar-refractivity contribution in [3.63, 3.8) is 0 Å². The third kappa shape index (κ3) is 5.02. The zero-order chi connectivity index (χ0) is 15.6. The van der Waals surface area contributed by atoms with Crippen molar-refractivity contribution < 1.29 is 27.9 Å². The average molecular weight is 295 g/mol. The van der Waals surface area contributed by atoms with E-state index < -0.39 is 29.4 Å². The summed E-state index contributed by atoms with van der Waals surface area (Å²) in [5.41, 5.74) is -0.756. The topological polar surface area (TPSA) is 57.6 Å². The molecule has 0 bridgehead atoms. The fourth-order valence-corrected chi connectivity index (χ4v) is 2.46. The van der Waals surface area contributed by atoms with Gasteiger partial charge in [0.05, 0.1) is 12.3 Å². The van der Waals surface area contributed by atoms with Gasteiger partial charge in [0.1, 0.15) is 0 Å². The minimum atomic E-state index is -4.28. The smallest absolute Gasteiger partial charge is 0.393 e. The highest BCUT2D eigenvalue weighted by Crippen LogP contribution is 2.34. The largest absolute Gasteiger partial charge is 0.481 e. The third-order valence-electron chi connectivity index (χ3n) is 3.50. The fraction of sp³-hybridized carbons (Fsp3) is 0.846. The van der Waals surface area contributed by atoms with Gasteiger partial charge in [-0.05, 0) is 18.3 Å². The Bertz CT molecular complexity index is 380. The van der Waals surface area contributed by atoms with E-state index in [4.69, 9.17) is 5.11 Å². The van der Waals surface area contributed by atoms with Gasteiger partial charge in [0.2, 0.25) is 5.91 Å². The first-order chi connectivity index (χ1) is 9.01. The van der Waals surface area contributed by atoms with Gasteiger partial charge in [0.15, 0.2) is 0 Å². The van der Waals surface area contributed by atoms with Crippen molar-refractivity contribution in [2.24, 2.45) is 11.3 Å². The molecule has 1 atom stereocenters. The Morgan fingerprint density at radius 3 is 2.35 bits per heavy atom. The Hall–Kier alpha value is -1.27. The normalized spacial score (nSPS) is 20.9. The van der Waals surface area contributed by atoms with Gasteiger partial charge >= 0.3 is 12.1 Å². The first kappa shape index (κ1) is 16.8. The van der Waals surface area contributed by atoms with Crippen LogP contribution in [-0.2, 0) is 9.59 Å². The maximum absolute atomic E-state index is 12.7. The number of piperidine rings is 1. The summed E-state index contributed by atoms with van der Waals surface area (Å²) < 4.78 is 38.0. The highest BCUT2D eigenvalue weighted by Gasteiger charge is 2.43. The number of nitrogens with zero attached hydrogens (tertiary/aromatic N) is 1. The lowest BCUT2D eigenvalue weighted by molar-refractivity contribution is -0.188. The molecule has 116 valence electrons. The van der Waals surface area contributed by atoms with E-state index >= 15 is 0 Å². The number of likely N-dealkylation sites (tertiary alicyclic amines) is 1. The van der Waals surface area contributed by atoms with Crippen LogP contribution in [-0.4, -0.2) is 41.1 Å². The van der Waals surface area contributed by atoms with Gasteiger partial charge in [-0.25, -0.2) is 0 Å². The quantitative estimate of drug-likeness (QED) is 0.867. The number of carboxylic acids is 1. The number of carbonyl (C=O) groups excluding carboxylic acids is 1. The van der Waals surface area contributed by atoms with Gasteiger partial charge < -0.3 is 10.0 Å². The van der Waals surface area contributed by atoms with Gasteiger partial charge in [-0.2, -0.15) is 13.2 Å². The highest BCUT2D eigenvalue weighted by atomic mass is 19.4. The molecule has 1 N–H and O–H groups in total. The summed E-state index contributed by atoms with van der Waals surface area (Å²) in [5, 5.41) is 8.75. The molecule has 0 aliphatic carbocycles. The second-order valence-electron chi connectivity index (χ2n) is 6.13. The van der Waals surface area contributed by atoms with Crippen molar-refractivity contribution in [1.29, 1.82) is 0 Å². The molecule has 1 aliphatic rings. The average Bonchev–Trinajstić information content (AvgIpc) is 2.25. The molecule has 0 unspecified atom stereocenters. The van der Waals surface area contributed by atoms with Crippen molar-refractivity contribution in [1.82, 2.24) is 4.90 Å². The number of halogens is 3. The molecule has 20 heavy (non-hydrogen) atoms. The minimum absolute atomic E-state index is 0.0474. The summed E-state index contributed by atoms with van der Waals surface area (Å²) in [7, 11) is 0. The molecule has 0 aromatic carbocycles. The second kappa shape index (κ2) is 6.01. The molecule has 4 nitrogen and oxygen atoms in total. The van der Waals surface area contributed by atoms with E-state index in [1.165, 1.54) is 4.90 Å². The number of amides is 1. The van der Waals surface area contributed by atoms with Crippen LogP contribution in [0.25, 0.3) is 0 Å². The molecule has 7 heteroatoms. The predicted molar refractivity (Wildman–Crippen MR) is 66.0 cm³/mol. The number of hydrogen-bond acceptors (Lipinski definition) is 2. The third-order valence-corrected chi connectivity index (χ3v) is 3.50. The number of aliphatic carboxylic acids is 1. The van der Waals surface area contributed by atoms with Crippen molar-refractivity contribution in [2.45, 2.75) is 45.7 Å². The molecular formula is C13H20F3NO3. The van der Waals surface area contributed by atoms with E-state index in [1.807, 2.05) is 0 Å².